The SMILES string of the molecule is CCC1CCC(N)C(CN2CCCC2)C1. The third-order valence-corrected chi connectivity index (χ3v) is 4.42. The van der Waals surface area contributed by atoms with E-state index in [2.05, 4.69) is 11.8 Å². The lowest BCUT2D eigenvalue weighted by molar-refractivity contribution is 0.171. The Hall–Kier alpha value is -0.0800. The Kier molecular flexibility index (Phi) is 4.04. The van der Waals surface area contributed by atoms with E-state index in [-0.39, 0.29) is 0 Å². The first-order chi connectivity index (χ1) is 7.29. The molecule has 3 atom stereocenters. The number of hydrogen-bond acceptors (Lipinski definition) is 2. The number of nitrogens with zero attached hydrogens (tertiary/aromatic N) is 1. The van der Waals surface area contributed by atoms with E-state index in [4.69, 9.17) is 5.73 Å². The van der Waals surface area contributed by atoms with Crippen LogP contribution in [0.25, 0.3) is 0 Å². The molecule has 1 saturated heterocycles. The summed E-state index contributed by atoms with van der Waals surface area (Å²) in [6.45, 7) is 6.24. The van der Waals surface area contributed by atoms with Crippen molar-refractivity contribution >= 4 is 0 Å². The van der Waals surface area contributed by atoms with Crippen LogP contribution in [0.3, 0.4) is 0 Å². The second kappa shape index (κ2) is 5.31. The molecule has 2 rings (SSSR count). The average Bonchev–Trinajstić information content (AvgIpc) is 2.74. The fraction of sp³-hybridized carbons (Fsp3) is 1.00. The molecular weight excluding hydrogens is 184 g/mol. The van der Waals surface area contributed by atoms with Gasteiger partial charge in [0.25, 0.3) is 0 Å². The Bertz CT molecular complexity index is 187. The summed E-state index contributed by atoms with van der Waals surface area (Å²) < 4.78 is 0. The van der Waals surface area contributed by atoms with Crippen LogP contribution in [-0.2, 0) is 0 Å². The summed E-state index contributed by atoms with van der Waals surface area (Å²) in [6.07, 6.45) is 8.17. The van der Waals surface area contributed by atoms with Crippen LogP contribution in [0.15, 0.2) is 0 Å². The highest BCUT2D eigenvalue weighted by atomic mass is 15.1. The molecule has 0 amide bonds. The van der Waals surface area contributed by atoms with Gasteiger partial charge in [-0.2, -0.15) is 0 Å². The van der Waals surface area contributed by atoms with Gasteiger partial charge in [-0.3, -0.25) is 0 Å². The summed E-state index contributed by atoms with van der Waals surface area (Å²) in [6, 6.07) is 0.480. The molecule has 2 nitrogen and oxygen atoms in total. The molecule has 0 bridgehead atoms. The number of rotatable bonds is 3. The van der Waals surface area contributed by atoms with Gasteiger partial charge in [0.05, 0.1) is 0 Å². The topological polar surface area (TPSA) is 29.3 Å². The molecule has 2 heteroatoms. The van der Waals surface area contributed by atoms with Gasteiger partial charge >= 0.3 is 0 Å². The van der Waals surface area contributed by atoms with Gasteiger partial charge in [-0.05, 0) is 57.0 Å². The number of likely N-dealkylation sites (tertiary alicyclic amines) is 1. The van der Waals surface area contributed by atoms with E-state index in [1.54, 1.807) is 0 Å². The van der Waals surface area contributed by atoms with Crippen molar-refractivity contribution in [3.63, 3.8) is 0 Å². The molecule has 0 aromatic carbocycles. The van der Waals surface area contributed by atoms with Crippen LogP contribution < -0.4 is 5.73 Å². The van der Waals surface area contributed by atoms with Gasteiger partial charge in [0, 0.05) is 12.6 Å². The average molecular weight is 210 g/mol. The second-order valence-electron chi connectivity index (χ2n) is 5.52. The van der Waals surface area contributed by atoms with Gasteiger partial charge in [-0.1, -0.05) is 13.3 Å². The predicted molar refractivity (Wildman–Crippen MR) is 64.8 cm³/mol. The first-order valence-corrected chi connectivity index (χ1v) is 6.77. The maximum atomic E-state index is 6.25. The van der Waals surface area contributed by atoms with Crippen molar-refractivity contribution in [2.75, 3.05) is 19.6 Å². The molecule has 15 heavy (non-hydrogen) atoms. The second-order valence-corrected chi connectivity index (χ2v) is 5.52. The van der Waals surface area contributed by atoms with Crippen LogP contribution in [-0.4, -0.2) is 30.6 Å². The Morgan fingerprint density at radius 1 is 1.20 bits per heavy atom. The Balaban J connectivity index is 1.82. The first-order valence-electron chi connectivity index (χ1n) is 6.77. The molecular formula is C13H26N2. The molecule has 3 unspecified atom stereocenters. The maximum Gasteiger partial charge on any atom is 0.00795 e. The fourth-order valence-corrected chi connectivity index (χ4v) is 3.26. The molecule has 1 heterocycles. The van der Waals surface area contributed by atoms with Crippen molar-refractivity contribution in [3.05, 3.63) is 0 Å². The van der Waals surface area contributed by atoms with Gasteiger partial charge in [0.15, 0.2) is 0 Å². The molecule has 0 spiro atoms. The highest BCUT2D eigenvalue weighted by Crippen LogP contribution is 2.31. The van der Waals surface area contributed by atoms with Crippen molar-refractivity contribution in [1.82, 2.24) is 4.90 Å². The summed E-state index contributed by atoms with van der Waals surface area (Å²) in [4.78, 5) is 2.63. The zero-order chi connectivity index (χ0) is 10.7. The van der Waals surface area contributed by atoms with Gasteiger partial charge in [0.1, 0.15) is 0 Å². The van der Waals surface area contributed by atoms with E-state index < -0.39 is 0 Å². The quantitative estimate of drug-likeness (QED) is 0.774. The zero-order valence-corrected chi connectivity index (χ0v) is 10.1. The van der Waals surface area contributed by atoms with Crippen LogP contribution in [0.2, 0.25) is 0 Å². The largest absolute Gasteiger partial charge is 0.327 e. The Morgan fingerprint density at radius 3 is 2.60 bits per heavy atom. The van der Waals surface area contributed by atoms with E-state index in [9.17, 15) is 0 Å². The Morgan fingerprint density at radius 2 is 1.93 bits per heavy atom. The smallest absolute Gasteiger partial charge is 0.00795 e. The van der Waals surface area contributed by atoms with Crippen molar-refractivity contribution < 1.29 is 0 Å². The summed E-state index contributed by atoms with van der Waals surface area (Å²) >= 11 is 0. The minimum absolute atomic E-state index is 0.480. The molecule has 0 aromatic heterocycles. The molecule has 2 aliphatic rings. The molecule has 1 saturated carbocycles. The van der Waals surface area contributed by atoms with Crippen LogP contribution in [0, 0.1) is 11.8 Å². The number of nitrogens with two attached hydrogens (primary N) is 1. The predicted octanol–water partition coefficient (Wildman–Crippen LogP) is 2.24. The summed E-state index contributed by atoms with van der Waals surface area (Å²) in [5, 5.41) is 0. The molecule has 1 aliphatic carbocycles. The lowest BCUT2D eigenvalue weighted by Gasteiger charge is -2.36. The summed E-state index contributed by atoms with van der Waals surface area (Å²) in [7, 11) is 0. The molecule has 2 fully saturated rings. The van der Waals surface area contributed by atoms with Gasteiger partial charge in [-0.25, -0.2) is 0 Å². The normalized spacial score (nSPS) is 38.4. The standard InChI is InChI=1S/C13H26N2/c1-2-11-5-6-13(14)12(9-11)10-15-7-3-4-8-15/h11-13H,2-10,14H2,1H3. The van der Waals surface area contributed by atoms with Gasteiger partial charge in [-0.15, -0.1) is 0 Å². The van der Waals surface area contributed by atoms with E-state index in [1.165, 1.54) is 58.2 Å². The van der Waals surface area contributed by atoms with E-state index in [0.29, 0.717) is 6.04 Å². The van der Waals surface area contributed by atoms with Crippen LogP contribution in [0.4, 0.5) is 0 Å². The third kappa shape index (κ3) is 2.94. The lowest BCUT2D eigenvalue weighted by atomic mass is 9.77. The first kappa shape index (κ1) is 11.4. The molecule has 2 N–H and O–H groups in total. The van der Waals surface area contributed by atoms with Crippen molar-refractivity contribution in [2.24, 2.45) is 17.6 Å². The summed E-state index contributed by atoms with van der Waals surface area (Å²) in [5.74, 6) is 1.74. The molecule has 1 aliphatic heterocycles. The van der Waals surface area contributed by atoms with Crippen molar-refractivity contribution in [1.29, 1.82) is 0 Å². The minimum Gasteiger partial charge on any atom is -0.327 e. The van der Waals surface area contributed by atoms with E-state index in [0.717, 1.165) is 11.8 Å². The third-order valence-electron chi connectivity index (χ3n) is 4.42. The lowest BCUT2D eigenvalue weighted by Crippen LogP contribution is -2.42. The van der Waals surface area contributed by atoms with Crippen molar-refractivity contribution in [3.8, 4) is 0 Å². The minimum atomic E-state index is 0.480. The molecule has 0 radical (unpaired) electrons. The Labute approximate surface area is 94.2 Å². The number of hydrogen-bond donors (Lipinski definition) is 1. The van der Waals surface area contributed by atoms with Gasteiger partial charge < -0.3 is 10.6 Å². The van der Waals surface area contributed by atoms with E-state index >= 15 is 0 Å². The van der Waals surface area contributed by atoms with Crippen LogP contribution in [0.1, 0.15) is 45.4 Å². The fourth-order valence-electron chi connectivity index (χ4n) is 3.26. The monoisotopic (exact) mass is 210 g/mol. The highest BCUT2D eigenvalue weighted by molar-refractivity contribution is 4.85. The molecule has 88 valence electrons. The molecule has 0 aromatic rings. The van der Waals surface area contributed by atoms with Crippen LogP contribution in [0.5, 0.6) is 0 Å². The zero-order valence-electron chi connectivity index (χ0n) is 10.1. The van der Waals surface area contributed by atoms with Crippen LogP contribution >= 0.6 is 0 Å². The maximum absolute atomic E-state index is 6.25. The van der Waals surface area contributed by atoms with E-state index in [1.807, 2.05) is 0 Å². The van der Waals surface area contributed by atoms with Crippen molar-refractivity contribution in [2.45, 2.75) is 51.5 Å². The highest BCUT2D eigenvalue weighted by Gasteiger charge is 2.29. The van der Waals surface area contributed by atoms with Gasteiger partial charge in [0.2, 0.25) is 0 Å². The summed E-state index contributed by atoms with van der Waals surface area (Å²) in [5.41, 5.74) is 6.25.